The van der Waals surface area contributed by atoms with Crippen molar-refractivity contribution in [2.24, 2.45) is 5.92 Å². The van der Waals surface area contributed by atoms with Gasteiger partial charge in [-0.2, -0.15) is 0 Å². The summed E-state index contributed by atoms with van der Waals surface area (Å²) in [4.78, 5) is 37.9. The Morgan fingerprint density at radius 1 is 1.08 bits per heavy atom. The standard InChI is InChI=1S/C28H32ClN5O4S/c1-6-14-34-25(24(17(2)3)31-26(36)19-10-8-7-9-11-19)32-33-28(34)39-16-23(35)30-22-15-20(12-13-21(22)29)27(37)38-18(4)5/h6-13,15,17-18,24H,1,14,16H2,2-5H3,(H,30,35)(H,31,36)/t24-/m1/s1. The lowest BCUT2D eigenvalue weighted by molar-refractivity contribution is -0.113. The molecule has 1 heterocycles. The summed E-state index contributed by atoms with van der Waals surface area (Å²) in [7, 11) is 0. The molecule has 0 spiro atoms. The molecule has 0 bridgehead atoms. The average Bonchev–Trinajstić information content (AvgIpc) is 3.29. The van der Waals surface area contributed by atoms with Crippen LogP contribution in [0.1, 0.15) is 60.3 Å². The van der Waals surface area contributed by atoms with Gasteiger partial charge in [0, 0.05) is 12.1 Å². The molecule has 0 aliphatic heterocycles. The molecule has 0 saturated heterocycles. The molecule has 3 aromatic rings. The van der Waals surface area contributed by atoms with Crippen molar-refractivity contribution in [1.29, 1.82) is 0 Å². The fourth-order valence-electron chi connectivity index (χ4n) is 3.63. The highest BCUT2D eigenvalue weighted by atomic mass is 35.5. The zero-order valence-electron chi connectivity index (χ0n) is 22.3. The maximum Gasteiger partial charge on any atom is 0.338 e. The molecular formula is C28H32ClN5O4S. The zero-order chi connectivity index (χ0) is 28.5. The number of hydrogen-bond donors (Lipinski definition) is 2. The van der Waals surface area contributed by atoms with Gasteiger partial charge in [-0.3, -0.25) is 9.59 Å². The quantitative estimate of drug-likeness (QED) is 0.167. The molecule has 2 aromatic carbocycles. The summed E-state index contributed by atoms with van der Waals surface area (Å²) in [6.07, 6.45) is 1.43. The van der Waals surface area contributed by atoms with E-state index in [-0.39, 0.29) is 35.2 Å². The second-order valence-electron chi connectivity index (χ2n) is 9.29. The molecule has 0 radical (unpaired) electrons. The number of esters is 1. The maximum absolute atomic E-state index is 12.9. The molecule has 9 nitrogen and oxygen atoms in total. The third kappa shape index (κ3) is 8.18. The number of benzene rings is 2. The van der Waals surface area contributed by atoms with Crippen LogP contribution in [-0.2, 0) is 16.1 Å². The number of thioether (sulfide) groups is 1. The third-order valence-electron chi connectivity index (χ3n) is 5.48. The molecule has 0 fully saturated rings. The molecule has 2 N–H and O–H groups in total. The molecule has 2 amide bonds. The average molecular weight is 570 g/mol. The zero-order valence-corrected chi connectivity index (χ0v) is 23.9. The molecule has 0 unspecified atom stereocenters. The fraction of sp³-hybridized carbons (Fsp3) is 0.321. The predicted molar refractivity (Wildman–Crippen MR) is 153 cm³/mol. The van der Waals surface area contributed by atoms with Crippen LogP contribution in [0.3, 0.4) is 0 Å². The van der Waals surface area contributed by atoms with Crippen molar-refractivity contribution >= 4 is 46.8 Å². The van der Waals surface area contributed by atoms with E-state index in [2.05, 4.69) is 27.4 Å². The minimum atomic E-state index is -0.504. The van der Waals surface area contributed by atoms with Crippen LogP contribution in [0, 0.1) is 5.92 Å². The maximum atomic E-state index is 12.9. The van der Waals surface area contributed by atoms with Gasteiger partial charge >= 0.3 is 5.97 Å². The Kier molecular flexibility index (Phi) is 10.7. The highest BCUT2D eigenvalue weighted by molar-refractivity contribution is 7.99. The Bertz CT molecular complexity index is 1330. The number of carbonyl (C=O) groups excluding carboxylic acids is 3. The second kappa shape index (κ2) is 14.0. The van der Waals surface area contributed by atoms with Crippen molar-refractivity contribution in [2.75, 3.05) is 11.1 Å². The number of halogens is 1. The predicted octanol–water partition coefficient (Wildman–Crippen LogP) is 5.54. The van der Waals surface area contributed by atoms with Gasteiger partial charge in [0.25, 0.3) is 5.91 Å². The van der Waals surface area contributed by atoms with Crippen LogP contribution in [0.5, 0.6) is 0 Å². The number of amides is 2. The topological polar surface area (TPSA) is 115 Å². The van der Waals surface area contributed by atoms with Gasteiger partial charge < -0.3 is 19.9 Å². The number of rotatable bonds is 12. The fourth-order valence-corrected chi connectivity index (χ4v) is 4.55. The van der Waals surface area contributed by atoms with Gasteiger partial charge in [-0.25, -0.2) is 4.79 Å². The number of aromatic nitrogens is 3. The first-order chi connectivity index (χ1) is 18.6. The van der Waals surface area contributed by atoms with E-state index in [9.17, 15) is 14.4 Å². The molecule has 11 heteroatoms. The van der Waals surface area contributed by atoms with Crippen LogP contribution in [0.4, 0.5) is 5.69 Å². The number of nitrogens with one attached hydrogen (secondary N) is 2. The molecule has 0 aliphatic rings. The molecule has 206 valence electrons. The summed E-state index contributed by atoms with van der Waals surface area (Å²) in [5.74, 6) is -0.471. The molecule has 1 atom stereocenters. The summed E-state index contributed by atoms with van der Waals surface area (Å²) in [5, 5.41) is 15.2. The first-order valence-electron chi connectivity index (χ1n) is 12.4. The van der Waals surface area contributed by atoms with E-state index in [1.165, 1.54) is 23.9 Å². The van der Waals surface area contributed by atoms with E-state index >= 15 is 0 Å². The number of carbonyl (C=O) groups is 3. The number of hydrogen-bond acceptors (Lipinski definition) is 7. The van der Waals surface area contributed by atoms with Crippen LogP contribution in [0.15, 0.2) is 66.3 Å². The molecule has 0 saturated carbocycles. The van der Waals surface area contributed by atoms with Gasteiger partial charge in [0.2, 0.25) is 5.91 Å². The Morgan fingerprint density at radius 2 is 1.79 bits per heavy atom. The van der Waals surface area contributed by atoms with Crippen molar-refractivity contribution in [3.8, 4) is 0 Å². The van der Waals surface area contributed by atoms with Crippen LogP contribution >= 0.6 is 23.4 Å². The summed E-state index contributed by atoms with van der Waals surface area (Å²) < 4.78 is 7.04. The molecule has 0 aliphatic carbocycles. The first kappa shape index (κ1) is 29.9. The number of ether oxygens (including phenoxy) is 1. The van der Waals surface area contributed by atoms with Gasteiger partial charge in [0.15, 0.2) is 11.0 Å². The Labute approximate surface area is 237 Å². The monoisotopic (exact) mass is 569 g/mol. The summed E-state index contributed by atoms with van der Waals surface area (Å²) in [5.41, 5.74) is 1.13. The van der Waals surface area contributed by atoms with Crippen LogP contribution in [0.25, 0.3) is 0 Å². The highest BCUT2D eigenvalue weighted by Gasteiger charge is 2.26. The lowest BCUT2D eigenvalue weighted by Gasteiger charge is -2.22. The molecule has 3 rings (SSSR count). The largest absolute Gasteiger partial charge is 0.459 e. The number of allylic oxidation sites excluding steroid dienone is 1. The molecular weight excluding hydrogens is 538 g/mol. The van der Waals surface area contributed by atoms with E-state index in [1.54, 1.807) is 50.3 Å². The Balaban J connectivity index is 1.73. The van der Waals surface area contributed by atoms with Gasteiger partial charge in [0.05, 0.1) is 34.2 Å². The number of nitrogens with zero attached hydrogens (tertiary/aromatic N) is 3. The van der Waals surface area contributed by atoms with Crippen molar-refractivity contribution in [1.82, 2.24) is 20.1 Å². The van der Waals surface area contributed by atoms with Gasteiger partial charge in [0.1, 0.15) is 0 Å². The van der Waals surface area contributed by atoms with E-state index in [1.807, 2.05) is 24.5 Å². The van der Waals surface area contributed by atoms with Gasteiger partial charge in [-0.1, -0.05) is 61.5 Å². The van der Waals surface area contributed by atoms with Gasteiger partial charge in [-0.05, 0) is 50.1 Å². The van der Waals surface area contributed by atoms with Gasteiger partial charge in [-0.15, -0.1) is 16.8 Å². The smallest absolute Gasteiger partial charge is 0.338 e. The van der Waals surface area contributed by atoms with E-state index in [4.69, 9.17) is 16.3 Å². The summed E-state index contributed by atoms with van der Waals surface area (Å²) >= 11 is 7.43. The van der Waals surface area contributed by atoms with Crippen molar-refractivity contribution in [3.05, 3.63) is 83.2 Å². The van der Waals surface area contributed by atoms with Crippen LogP contribution in [0.2, 0.25) is 5.02 Å². The van der Waals surface area contributed by atoms with Crippen molar-refractivity contribution < 1.29 is 19.1 Å². The number of anilines is 1. The van der Waals surface area contributed by atoms with E-state index < -0.39 is 12.0 Å². The SMILES string of the molecule is C=CCn1c(SCC(=O)Nc2cc(C(=O)OC(C)C)ccc2Cl)nnc1[C@H](NC(=O)c1ccccc1)C(C)C. The Hall–Kier alpha value is -3.63. The van der Waals surface area contributed by atoms with Crippen molar-refractivity contribution in [2.45, 2.75) is 51.5 Å². The third-order valence-corrected chi connectivity index (χ3v) is 6.77. The lowest BCUT2D eigenvalue weighted by atomic mass is 10.0. The second-order valence-corrected chi connectivity index (χ2v) is 10.6. The van der Waals surface area contributed by atoms with Crippen molar-refractivity contribution in [3.63, 3.8) is 0 Å². The summed E-state index contributed by atoms with van der Waals surface area (Å²) in [6.45, 7) is 11.7. The van der Waals surface area contributed by atoms with E-state index in [0.717, 1.165) is 0 Å². The normalized spacial score (nSPS) is 11.8. The Morgan fingerprint density at radius 3 is 2.44 bits per heavy atom. The highest BCUT2D eigenvalue weighted by Crippen LogP contribution is 2.27. The lowest BCUT2D eigenvalue weighted by Crippen LogP contribution is -2.33. The first-order valence-corrected chi connectivity index (χ1v) is 13.8. The minimum absolute atomic E-state index is 0.00892. The molecule has 1 aromatic heterocycles. The minimum Gasteiger partial charge on any atom is -0.459 e. The van der Waals surface area contributed by atoms with E-state index in [0.29, 0.717) is 33.8 Å². The molecule has 39 heavy (non-hydrogen) atoms. The van der Waals surface area contributed by atoms with Crippen LogP contribution in [-0.4, -0.2) is 44.4 Å². The summed E-state index contributed by atoms with van der Waals surface area (Å²) in [6, 6.07) is 13.1. The van der Waals surface area contributed by atoms with Crippen LogP contribution < -0.4 is 10.6 Å².